The van der Waals surface area contributed by atoms with Crippen LogP contribution in [0.4, 0.5) is 0 Å². The van der Waals surface area contributed by atoms with Gasteiger partial charge in [-0.05, 0) is 6.07 Å². The van der Waals surface area contributed by atoms with Crippen LogP contribution in [0.3, 0.4) is 0 Å². The highest BCUT2D eigenvalue weighted by Crippen LogP contribution is 1.72. The Morgan fingerprint density at radius 2 is 2.60 bits per heavy atom. The molecule has 0 saturated carbocycles. The van der Waals surface area contributed by atoms with Gasteiger partial charge in [0, 0.05) is 6.20 Å². The SMILES string of the molecule is O=c1[c]ccnn1CCO. The Hall–Kier alpha value is -1.16. The molecule has 4 heteroatoms. The number of nitrogens with zero attached hydrogens (tertiary/aromatic N) is 2. The van der Waals surface area contributed by atoms with Gasteiger partial charge in [-0.25, -0.2) is 4.68 Å². The summed E-state index contributed by atoms with van der Waals surface area (Å²) in [5, 5.41) is 12.1. The summed E-state index contributed by atoms with van der Waals surface area (Å²) in [5.74, 6) is 0. The van der Waals surface area contributed by atoms with Crippen molar-refractivity contribution in [2.24, 2.45) is 0 Å². The molecule has 0 unspecified atom stereocenters. The van der Waals surface area contributed by atoms with Crippen molar-refractivity contribution in [1.29, 1.82) is 0 Å². The normalized spacial score (nSPS) is 9.70. The van der Waals surface area contributed by atoms with Crippen LogP contribution in [0.25, 0.3) is 0 Å². The van der Waals surface area contributed by atoms with Crippen molar-refractivity contribution in [2.45, 2.75) is 6.54 Å². The molecule has 4 nitrogen and oxygen atoms in total. The quantitative estimate of drug-likeness (QED) is 0.574. The van der Waals surface area contributed by atoms with Crippen molar-refractivity contribution in [3.8, 4) is 0 Å². The molecular formula is C6H7N2O2. The van der Waals surface area contributed by atoms with Crippen molar-refractivity contribution >= 4 is 0 Å². The van der Waals surface area contributed by atoms with Crippen molar-refractivity contribution in [1.82, 2.24) is 9.78 Å². The van der Waals surface area contributed by atoms with Gasteiger partial charge in [0.1, 0.15) is 0 Å². The second kappa shape index (κ2) is 3.12. The smallest absolute Gasteiger partial charge is 0.274 e. The van der Waals surface area contributed by atoms with E-state index in [-0.39, 0.29) is 18.7 Å². The van der Waals surface area contributed by atoms with Gasteiger partial charge in [0.15, 0.2) is 0 Å². The van der Waals surface area contributed by atoms with Crippen LogP contribution in [0.15, 0.2) is 17.1 Å². The molecule has 0 amide bonds. The Balaban J connectivity index is 2.92. The first-order valence-corrected chi connectivity index (χ1v) is 2.89. The van der Waals surface area contributed by atoms with Crippen molar-refractivity contribution in [3.63, 3.8) is 0 Å². The Morgan fingerprint density at radius 1 is 1.80 bits per heavy atom. The van der Waals surface area contributed by atoms with Crippen LogP contribution < -0.4 is 5.56 Å². The van der Waals surface area contributed by atoms with Crippen LogP contribution in [0, 0.1) is 6.07 Å². The minimum Gasteiger partial charge on any atom is -0.394 e. The van der Waals surface area contributed by atoms with Crippen LogP contribution in [0.5, 0.6) is 0 Å². The Bertz CT molecular complexity index is 256. The molecular weight excluding hydrogens is 132 g/mol. The molecule has 0 aliphatic heterocycles. The first-order valence-electron chi connectivity index (χ1n) is 2.89. The molecule has 0 atom stereocenters. The fourth-order valence-electron chi connectivity index (χ4n) is 0.603. The molecule has 10 heavy (non-hydrogen) atoms. The highest BCUT2D eigenvalue weighted by molar-refractivity contribution is 4.81. The van der Waals surface area contributed by atoms with E-state index in [9.17, 15) is 4.79 Å². The van der Waals surface area contributed by atoms with E-state index in [1.165, 1.54) is 12.3 Å². The molecule has 1 aromatic heterocycles. The molecule has 0 bridgehead atoms. The maximum Gasteiger partial charge on any atom is 0.274 e. The largest absolute Gasteiger partial charge is 0.394 e. The third-order valence-corrected chi connectivity index (χ3v) is 1.03. The summed E-state index contributed by atoms with van der Waals surface area (Å²) in [6.07, 6.45) is 1.46. The number of hydrogen-bond acceptors (Lipinski definition) is 3. The molecule has 1 rings (SSSR count). The third kappa shape index (κ3) is 1.41. The molecule has 0 aromatic carbocycles. The van der Waals surface area contributed by atoms with Gasteiger partial charge in [0.05, 0.1) is 19.2 Å². The topological polar surface area (TPSA) is 55.1 Å². The van der Waals surface area contributed by atoms with Crippen molar-refractivity contribution < 1.29 is 5.11 Å². The van der Waals surface area contributed by atoms with Crippen molar-refractivity contribution in [3.05, 3.63) is 28.7 Å². The zero-order chi connectivity index (χ0) is 7.40. The van der Waals surface area contributed by atoms with E-state index in [0.717, 1.165) is 4.68 Å². The minimum absolute atomic E-state index is 0.0786. The molecule has 1 radical (unpaired) electrons. The van der Waals surface area contributed by atoms with E-state index < -0.39 is 0 Å². The highest BCUT2D eigenvalue weighted by Gasteiger charge is 1.91. The van der Waals surface area contributed by atoms with Crippen LogP contribution in [0.2, 0.25) is 0 Å². The lowest BCUT2D eigenvalue weighted by Crippen LogP contribution is -2.22. The van der Waals surface area contributed by atoms with E-state index in [2.05, 4.69) is 11.2 Å². The Morgan fingerprint density at radius 3 is 3.20 bits per heavy atom. The van der Waals surface area contributed by atoms with Gasteiger partial charge in [-0.15, -0.1) is 0 Å². The monoisotopic (exact) mass is 139 g/mol. The molecule has 0 saturated heterocycles. The number of aliphatic hydroxyl groups excluding tert-OH is 1. The molecule has 0 aliphatic rings. The average molecular weight is 139 g/mol. The molecule has 0 spiro atoms. The standard InChI is InChI=1S/C6H7N2O2/c9-5-4-8-6(10)2-1-3-7-8/h1,3,9H,4-5H2. The average Bonchev–Trinajstić information content (AvgIpc) is 1.94. The third-order valence-electron chi connectivity index (χ3n) is 1.03. The van der Waals surface area contributed by atoms with Gasteiger partial charge in [-0.2, -0.15) is 5.10 Å². The Kier molecular flexibility index (Phi) is 2.17. The van der Waals surface area contributed by atoms with Gasteiger partial charge < -0.3 is 5.11 Å². The molecule has 1 heterocycles. The van der Waals surface area contributed by atoms with Crippen molar-refractivity contribution in [2.75, 3.05) is 6.61 Å². The Labute approximate surface area is 57.7 Å². The minimum atomic E-state index is -0.309. The lowest BCUT2D eigenvalue weighted by atomic mass is 10.5. The fourth-order valence-corrected chi connectivity index (χ4v) is 0.603. The summed E-state index contributed by atoms with van der Waals surface area (Å²) in [6, 6.07) is 3.86. The molecule has 0 fully saturated rings. The van der Waals surface area contributed by atoms with Crippen LogP contribution in [-0.4, -0.2) is 21.5 Å². The maximum absolute atomic E-state index is 10.7. The fraction of sp³-hybridized carbons (Fsp3) is 0.333. The van der Waals surface area contributed by atoms with Crippen LogP contribution in [-0.2, 0) is 6.54 Å². The lowest BCUT2D eigenvalue weighted by molar-refractivity contribution is 0.266. The summed E-state index contributed by atoms with van der Waals surface area (Å²) < 4.78 is 1.15. The first-order chi connectivity index (χ1) is 4.84. The number of aromatic nitrogens is 2. The molecule has 1 aromatic rings. The zero-order valence-electron chi connectivity index (χ0n) is 5.32. The van der Waals surface area contributed by atoms with E-state index >= 15 is 0 Å². The van der Waals surface area contributed by atoms with E-state index in [1.54, 1.807) is 0 Å². The number of rotatable bonds is 2. The summed E-state index contributed by atoms with van der Waals surface area (Å²) in [4.78, 5) is 10.7. The van der Waals surface area contributed by atoms with E-state index in [4.69, 9.17) is 5.11 Å². The predicted octanol–water partition coefficient (Wildman–Crippen LogP) is -0.964. The van der Waals surface area contributed by atoms with Gasteiger partial charge >= 0.3 is 0 Å². The number of hydrogen-bond donors (Lipinski definition) is 1. The maximum atomic E-state index is 10.7. The van der Waals surface area contributed by atoms with Gasteiger partial charge in [0.2, 0.25) is 0 Å². The molecule has 53 valence electrons. The van der Waals surface area contributed by atoms with Crippen LogP contribution >= 0.6 is 0 Å². The first kappa shape index (κ1) is 6.95. The zero-order valence-corrected chi connectivity index (χ0v) is 5.32. The summed E-state index contributed by atoms with van der Waals surface area (Å²) in [6.45, 7) is 0.154. The summed E-state index contributed by atoms with van der Waals surface area (Å²) in [5.41, 5.74) is -0.309. The van der Waals surface area contributed by atoms with Gasteiger partial charge in [0.25, 0.3) is 5.56 Å². The summed E-state index contributed by atoms with van der Waals surface area (Å²) >= 11 is 0. The number of aliphatic hydroxyl groups is 1. The summed E-state index contributed by atoms with van der Waals surface area (Å²) in [7, 11) is 0. The second-order valence-electron chi connectivity index (χ2n) is 1.73. The predicted molar refractivity (Wildman–Crippen MR) is 34.4 cm³/mol. The molecule has 0 aliphatic carbocycles. The van der Waals surface area contributed by atoms with E-state index in [1.807, 2.05) is 0 Å². The van der Waals surface area contributed by atoms with Gasteiger partial charge in [-0.3, -0.25) is 4.79 Å². The highest BCUT2D eigenvalue weighted by atomic mass is 16.3. The second-order valence-corrected chi connectivity index (χ2v) is 1.73. The molecule has 1 N–H and O–H groups in total. The lowest BCUT2D eigenvalue weighted by Gasteiger charge is -1.96. The van der Waals surface area contributed by atoms with E-state index in [0.29, 0.717) is 0 Å². The van der Waals surface area contributed by atoms with Crippen LogP contribution in [0.1, 0.15) is 0 Å². The van der Waals surface area contributed by atoms with Gasteiger partial charge in [-0.1, -0.05) is 0 Å².